The van der Waals surface area contributed by atoms with E-state index in [4.69, 9.17) is 0 Å². The summed E-state index contributed by atoms with van der Waals surface area (Å²) in [5.41, 5.74) is 0.0326. The van der Waals surface area contributed by atoms with E-state index in [2.05, 4.69) is 15.4 Å². The maximum atomic E-state index is 13.1. The Labute approximate surface area is 136 Å². The second kappa shape index (κ2) is 9.12. The van der Waals surface area contributed by atoms with Crippen LogP contribution in [0.3, 0.4) is 0 Å². The molecule has 1 unspecified atom stereocenters. The number of halogens is 4. The van der Waals surface area contributed by atoms with E-state index in [9.17, 15) is 18.0 Å². The maximum absolute atomic E-state index is 13.1. The van der Waals surface area contributed by atoms with E-state index in [0.29, 0.717) is 0 Å². The molecule has 1 saturated heterocycles. The van der Waals surface area contributed by atoms with Gasteiger partial charge in [-0.05, 0) is 12.1 Å². The van der Waals surface area contributed by atoms with Crippen molar-refractivity contribution in [2.45, 2.75) is 19.1 Å². The molecule has 4 nitrogen and oxygen atoms in total. The van der Waals surface area contributed by atoms with Crippen LogP contribution in [0.4, 0.5) is 18.9 Å². The number of hydrogen-bond acceptors (Lipinski definition) is 4. The van der Waals surface area contributed by atoms with Gasteiger partial charge in [-0.2, -0.15) is 20.5 Å². The zero-order chi connectivity index (χ0) is 15.2. The van der Waals surface area contributed by atoms with Crippen LogP contribution in [-0.4, -0.2) is 36.6 Å². The van der Waals surface area contributed by atoms with Crippen molar-refractivity contribution in [2.24, 2.45) is 0 Å². The van der Waals surface area contributed by atoms with Crippen LogP contribution in [0, 0.1) is 5.82 Å². The molecule has 9 heteroatoms. The van der Waals surface area contributed by atoms with Gasteiger partial charge in [-0.25, -0.2) is 4.39 Å². The molecule has 0 radical (unpaired) electrons. The number of amides is 1. The highest BCUT2D eigenvalue weighted by Gasteiger charge is 2.18. The van der Waals surface area contributed by atoms with Crippen LogP contribution >= 0.6 is 24.2 Å². The first kappa shape index (κ1) is 18.9. The molecule has 0 aliphatic carbocycles. The summed E-state index contributed by atoms with van der Waals surface area (Å²) in [6.07, 6.45) is 0.221. The van der Waals surface area contributed by atoms with Gasteiger partial charge in [0.15, 0.2) is 5.75 Å². The van der Waals surface area contributed by atoms with Crippen molar-refractivity contribution in [2.75, 3.05) is 23.4 Å². The lowest BCUT2D eigenvalue weighted by Crippen LogP contribution is -2.39. The molecule has 1 amide bonds. The number of nitrogens with one attached hydrogen (secondary N) is 2. The molecule has 1 fully saturated rings. The van der Waals surface area contributed by atoms with Gasteiger partial charge in [0.05, 0.1) is 5.69 Å². The lowest BCUT2D eigenvalue weighted by molar-refractivity contribution is -0.116. The van der Waals surface area contributed by atoms with Crippen LogP contribution in [-0.2, 0) is 4.79 Å². The van der Waals surface area contributed by atoms with Crippen LogP contribution in [0.25, 0.3) is 0 Å². The number of benzene rings is 1. The van der Waals surface area contributed by atoms with Crippen LogP contribution in [0.5, 0.6) is 5.75 Å². The topological polar surface area (TPSA) is 50.4 Å². The van der Waals surface area contributed by atoms with Gasteiger partial charge in [0, 0.05) is 36.6 Å². The molecule has 0 saturated carbocycles. The first-order chi connectivity index (χ1) is 10.0. The largest absolute Gasteiger partial charge is 0.432 e. The Morgan fingerprint density at radius 2 is 2.27 bits per heavy atom. The number of anilines is 1. The summed E-state index contributed by atoms with van der Waals surface area (Å²) >= 11 is 1.75. The smallest absolute Gasteiger partial charge is 0.387 e. The van der Waals surface area contributed by atoms with Crippen molar-refractivity contribution in [3.8, 4) is 5.75 Å². The molecule has 0 bridgehead atoms. The molecule has 1 aromatic carbocycles. The van der Waals surface area contributed by atoms with E-state index in [0.717, 1.165) is 30.2 Å². The molecule has 1 atom stereocenters. The molecular formula is C13H16ClF3N2O2S. The molecule has 1 aromatic rings. The predicted molar refractivity (Wildman–Crippen MR) is 82.6 cm³/mol. The van der Waals surface area contributed by atoms with Gasteiger partial charge in [-0.3, -0.25) is 4.79 Å². The van der Waals surface area contributed by atoms with Crippen molar-refractivity contribution in [1.82, 2.24) is 5.32 Å². The highest BCUT2D eigenvalue weighted by atomic mass is 35.5. The Bertz CT molecular complexity index is 502. The quantitative estimate of drug-likeness (QED) is 0.851. The van der Waals surface area contributed by atoms with Gasteiger partial charge in [-0.1, -0.05) is 0 Å². The second-order valence-electron chi connectivity index (χ2n) is 4.50. The minimum absolute atomic E-state index is 0. The molecule has 1 aliphatic heterocycles. The van der Waals surface area contributed by atoms with Gasteiger partial charge in [0.2, 0.25) is 5.91 Å². The normalized spacial score (nSPS) is 17.7. The van der Waals surface area contributed by atoms with Crippen molar-refractivity contribution in [3.63, 3.8) is 0 Å². The van der Waals surface area contributed by atoms with Crippen LogP contribution < -0.4 is 15.4 Å². The van der Waals surface area contributed by atoms with Crippen LogP contribution in [0.2, 0.25) is 0 Å². The first-order valence-electron chi connectivity index (χ1n) is 6.40. The summed E-state index contributed by atoms with van der Waals surface area (Å²) in [5, 5.41) is 5.68. The summed E-state index contributed by atoms with van der Waals surface area (Å²) in [7, 11) is 0. The van der Waals surface area contributed by atoms with Gasteiger partial charge in [0.1, 0.15) is 5.82 Å². The van der Waals surface area contributed by atoms with E-state index in [1.54, 1.807) is 11.8 Å². The number of carbonyl (C=O) groups is 1. The zero-order valence-corrected chi connectivity index (χ0v) is 13.1. The number of carbonyl (C=O) groups excluding carboxylic acids is 1. The fraction of sp³-hybridized carbons (Fsp3) is 0.462. The van der Waals surface area contributed by atoms with E-state index in [1.807, 2.05) is 0 Å². The van der Waals surface area contributed by atoms with E-state index >= 15 is 0 Å². The lowest BCUT2D eigenvalue weighted by Gasteiger charge is -2.22. The third kappa shape index (κ3) is 5.94. The average Bonchev–Trinajstić information content (AvgIpc) is 2.42. The van der Waals surface area contributed by atoms with Crippen molar-refractivity contribution >= 4 is 35.8 Å². The standard InChI is InChI=1S/C13H15F3N2O2S.ClH/c14-8-1-2-10(11(5-8)20-13(15)16)18-12(19)6-9-7-21-4-3-17-9;/h1-2,5,9,13,17H,3-4,6-7H2,(H,18,19);1H. The number of rotatable bonds is 5. The number of alkyl halides is 2. The van der Waals surface area contributed by atoms with Gasteiger partial charge in [0.25, 0.3) is 0 Å². The number of thioether (sulfide) groups is 1. The van der Waals surface area contributed by atoms with Crippen LogP contribution in [0.1, 0.15) is 6.42 Å². The average molecular weight is 357 g/mol. The second-order valence-corrected chi connectivity index (χ2v) is 5.65. The minimum Gasteiger partial charge on any atom is -0.432 e. The van der Waals surface area contributed by atoms with Crippen molar-refractivity contribution < 1.29 is 22.7 Å². The van der Waals surface area contributed by atoms with Gasteiger partial charge >= 0.3 is 6.61 Å². The Balaban J connectivity index is 0.00000242. The fourth-order valence-corrected chi connectivity index (χ4v) is 2.92. The molecule has 1 aliphatic rings. The van der Waals surface area contributed by atoms with E-state index in [-0.39, 0.29) is 42.2 Å². The Hall–Kier alpha value is -1.12. The first-order valence-corrected chi connectivity index (χ1v) is 7.55. The third-order valence-corrected chi connectivity index (χ3v) is 3.99. The Morgan fingerprint density at radius 1 is 1.50 bits per heavy atom. The monoisotopic (exact) mass is 356 g/mol. The third-order valence-electron chi connectivity index (χ3n) is 2.86. The van der Waals surface area contributed by atoms with Gasteiger partial charge < -0.3 is 15.4 Å². The van der Waals surface area contributed by atoms with E-state index < -0.39 is 12.4 Å². The minimum atomic E-state index is -3.08. The molecular weight excluding hydrogens is 341 g/mol. The fourth-order valence-electron chi connectivity index (χ4n) is 1.97. The highest BCUT2D eigenvalue weighted by molar-refractivity contribution is 7.99. The summed E-state index contributed by atoms with van der Waals surface area (Å²) in [4.78, 5) is 11.9. The SMILES string of the molecule is Cl.O=C(CC1CSCCN1)Nc1ccc(F)cc1OC(F)F. The number of ether oxygens (including phenoxy) is 1. The number of hydrogen-bond donors (Lipinski definition) is 2. The maximum Gasteiger partial charge on any atom is 0.387 e. The predicted octanol–water partition coefficient (Wildman–Crippen LogP) is 2.88. The van der Waals surface area contributed by atoms with Crippen LogP contribution in [0.15, 0.2) is 18.2 Å². The molecule has 2 rings (SSSR count). The summed E-state index contributed by atoms with van der Waals surface area (Å²) in [6, 6.07) is 3.14. The summed E-state index contributed by atoms with van der Waals surface area (Å²) < 4.78 is 41.8. The summed E-state index contributed by atoms with van der Waals surface area (Å²) in [6.45, 7) is -2.25. The van der Waals surface area contributed by atoms with Crippen molar-refractivity contribution in [1.29, 1.82) is 0 Å². The molecule has 22 heavy (non-hydrogen) atoms. The molecule has 1 heterocycles. The molecule has 0 spiro atoms. The Kier molecular flexibility index (Phi) is 7.84. The summed E-state index contributed by atoms with van der Waals surface area (Å²) in [5.74, 6) is 0.388. The highest BCUT2D eigenvalue weighted by Crippen LogP contribution is 2.27. The van der Waals surface area contributed by atoms with E-state index in [1.165, 1.54) is 6.07 Å². The molecule has 124 valence electrons. The zero-order valence-electron chi connectivity index (χ0n) is 11.5. The molecule has 0 aromatic heterocycles. The lowest BCUT2D eigenvalue weighted by atomic mass is 10.2. The Morgan fingerprint density at radius 3 is 2.91 bits per heavy atom. The molecule has 2 N–H and O–H groups in total. The van der Waals surface area contributed by atoms with Crippen molar-refractivity contribution in [3.05, 3.63) is 24.0 Å². The van der Waals surface area contributed by atoms with Gasteiger partial charge in [-0.15, -0.1) is 12.4 Å².